The van der Waals surface area contributed by atoms with Gasteiger partial charge in [0, 0.05) is 21.2 Å². The summed E-state index contributed by atoms with van der Waals surface area (Å²) in [4.78, 5) is 23.7. The van der Waals surface area contributed by atoms with Crippen molar-refractivity contribution < 1.29 is 9.59 Å². The molecule has 0 bridgehead atoms. The van der Waals surface area contributed by atoms with Crippen LogP contribution in [0, 0.1) is 0 Å². The van der Waals surface area contributed by atoms with Crippen LogP contribution in [-0.2, 0) is 0 Å². The minimum Gasteiger partial charge on any atom is -0.289 e. The van der Waals surface area contributed by atoms with Crippen LogP contribution in [0.25, 0.3) is 0 Å². The third-order valence-corrected chi connectivity index (χ3v) is 3.94. The quantitative estimate of drug-likeness (QED) is 0.479. The summed E-state index contributed by atoms with van der Waals surface area (Å²) in [5.74, 6) is -0.238. The van der Waals surface area contributed by atoms with Crippen LogP contribution >= 0.6 is 35.0 Å². The molecule has 0 spiro atoms. The Morgan fingerprint density at radius 3 is 1.39 bits per heavy atom. The van der Waals surface area contributed by atoms with Crippen molar-refractivity contribution in [3.05, 3.63) is 92.7 Å². The van der Waals surface area contributed by atoms with Crippen molar-refractivity contribution in [1.82, 2.24) is 0 Å². The lowest BCUT2D eigenvalue weighted by Gasteiger charge is -1.95. The van der Waals surface area contributed by atoms with E-state index < -0.39 is 0 Å². The number of rotatable bonds is 6. The van der Waals surface area contributed by atoms with Gasteiger partial charge in [-0.1, -0.05) is 23.2 Å². The molecule has 5 heteroatoms. The van der Waals surface area contributed by atoms with Crippen molar-refractivity contribution in [3.8, 4) is 0 Å². The van der Waals surface area contributed by atoms with Crippen LogP contribution in [0.2, 0.25) is 10.0 Å². The van der Waals surface area contributed by atoms with E-state index in [1.54, 1.807) is 59.3 Å². The number of benzene rings is 2. The highest BCUT2D eigenvalue weighted by molar-refractivity contribution is 8.04. The van der Waals surface area contributed by atoms with E-state index in [0.717, 1.165) is 0 Å². The molecule has 0 heterocycles. The summed E-state index contributed by atoms with van der Waals surface area (Å²) in [5.41, 5.74) is 1.12. The molecular weight excluding hydrogens is 351 g/mol. The lowest BCUT2D eigenvalue weighted by Crippen LogP contribution is -1.93. The van der Waals surface area contributed by atoms with Gasteiger partial charge in [0.2, 0.25) is 0 Å². The Labute approximate surface area is 148 Å². The van der Waals surface area contributed by atoms with Crippen molar-refractivity contribution in [2.75, 3.05) is 0 Å². The lowest BCUT2D eigenvalue weighted by molar-refractivity contribution is 0.103. The number of halogens is 2. The van der Waals surface area contributed by atoms with Crippen LogP contribution in [0.5, 0.6) is 0 Å². The summed E-state index contributed by atoms with van der Waals surface area (Å²) in [5, 5.41) is 4.43. The average molecular weight is 363 g/mol. The van der Waals surface area contributed by atoms with E-state index >= 15 is 0 Å². The Kier molecular flexibility index (Phi) is 6.66. The standard InChI is InChI=1S/C18H12Cl2O2S/c19-15-5-1-13(2-6-15)17(21)9-11-23-12-10-18(22)14-3-7-16(20)8-4-14/h1-12H/b11-9-,12-10+. The maximum absolute atomic E-state index is 11.9. The molecule has 0 saturated heterocycles. The molecule has 2 aromatic rings. The molecule has 0 radical (unpaired) electrons. The Bertz CT molecular complexity index is 682. The number of carbonyl (C=O) groups excluding carboxylic acids is 2. The van der Waals surface area contributed by atoms with Gasteiger partial charge < -0.3 is 0 Å². The van der Waals surface area contributed by atoms with E-state index in [-0.39, 0.29) is 11.6 Å². The van der Waals surface area contributed by atoms with Crippen LogP contribution in [-0.4, -0.2) is 11.6 Å². The Hall–Kier alpha value is -1.81. The second-order valence-electron chi connectivity index (χ2n) is 4.48. The van der Waals surface area contributed by atoms with E-state index in [4.69, 9.17) is 23.2 Å². The number of ketones is 2. The molecule has 0 unspecified atom stereocenters. The minimum atomic E-state index is -0.119. The molecule has 2 aromatic carbocycles. The first kappa shape index (κ1) is 17.5. The van der Waals surface area contributed by atoms with Crippen LogP contribution in [0.3, 0.4) is 0 Å². The van der Waals surface area contributed by atoms with Gasteiger partial charge in [-0.2, -0.15) is 0 Å². The predicted molar refractivity (Wildman–Crippen MR) is 97.4 cm³/mol. The van der Waals surface area contributed by atoms with E-state index in [0.29, 0.717) is 21.2 Å². The van der Waals surface area contributed by atoms with Gasteiger partial charge in [0.05, 0.1) is 0 Å². The highest BCUT2D eigenvalue weighted by atomic mass is 35.5. The zero-order valence-electron chi connectivity index (χ0n) is 11.9. The van der Waals surface area contributed by atoms with Crippen molar-refractivity contribution in [2.24, 2.45) is 0 Å². The fourth-order valence-corrected chi connectivity index (χ4v) is 2.42. The molecule has 2 nitrogen and oxygen atoms in total. The van der Waals surface area contributed by atoms with Gasteiger partial charge in [0.15, 0.2) is 11.6 Å². The van der Waals surface area contributed by atoms with Crippen molar-refractivity contribution in [1.29, 1.82) is 0 Å². The number of hydrogen-bond acceptors (Lipinski definition) is 3. The molecule has 0 fully saturated rings. The molecule has 0 N–H and O–H groups in total. The number of carbonyl (C=O) groups is 2. The molecule has 0 aliphatic heterocycles. The van der Waals surface area contributed by atoms with Crippen LogP contribution in [0.15, 0.2) is 71.5 Å². The van der Waals surface area contributed by atoms with Gasteiger partial charge in [0.1, 0.15) is 0 Å². The van der Waals surface area contributed by atoms with Crippen molar-refractivity contribution in [2.45, 2.75) is 0 Å². The lowest BCUT2D eigenvalue weighted by atomic mass is 10.1. The number of hydrogen-bond donors (Lipinski definition) is 0. The van der Waals surface area contributed by atoms with Gasteiger partial charge in [-0.25, -0.2) is 0 Å². The topological polar surface area (TPSA) is 34.1 Å². The van der Waals surface area contributed by atoms with Crippen LogP contribution in [0.1, 0.15) is 20.7 Å². The zero-order valence-corrected chi connectivity index (χ0v) is 14.2. The Morgan fingerprint density at radius 1 is 0.696 bits per heavy atom. The maximum Gasteiger partial charge on any atom is 0.186 e. The first-order chi connectivity index (χ1) is 11.1. The first-order valence-corrected chi connectivity index (χ1v) is 8.34. The normalized spacial score (nSPS) is 11.2. The van der Waals surface area contributed by atoms with Crippen molar-refractivity contribution >= 4 is 46.5 Å². The minimum absolute atomic E-state index is 0.119. The Morgan fingerprint density at radius 2 is 1.04 bits per heavy atom. The number of thioether (sulfide) groups is 1. The van der Waals surface area contributed by atoms with E-state index in [1.165, 1.54) is 23.9 Å². The summed E-state index contributed by atoms with van der Waals surface area (Å²) in [7, 11) is 0. The molecule has 0 amide bonds. The molecule has 23 heavy (non-hydrogen) atoms. The van der Waals surface area contributed by atoms with E-state index in [1.807, 2.05) is 0 Å². The molecule has 0 aliphatic carbocycles. The summed E-state index contributed by atoms with van der Waals surface area (Å²) in [6.07, 6.45) is 2.90. The van der Waals surface area contributed by atoms with Crippen molar-refractivity contribution in [3.63, 3.8) is 0 Å². The monoisotopic (exact) mass is 362 g/mol. The maximum atomic E-state index is 11.9. The second-order valence-corrected chi connectivity index (χ2v) is 6.17. The largest absolute Gasteiger partial charge is 0.289 e. The molecule has 0 aromatic heterocycles. The molecule has 116 valence electrons. The van der Waals surface area contributed by atoms with Crippen LogP contribution < -0.4 is 0 Å². The average Bonchev–Trinajstić information content (AvgIpc) is 2.55. The molecule has 2 rings (SSSR count). The summed E-state index contributed by atoms with van der Waals surface area (Å²) in [6.45, 7) is 0. The molecule has 0 saturated carbocycles. The van der Waals surface area contributed by atoms with Gasteiger partial charge in [-0.3, -0.25) is 9.59 Å². The van der Waals surface area contributed by atoms with Crippen LogP contribution in [0.4, 0.5) is 0 Å². The fourth-order valence-electron chi connectivity index (χ4n) is 1.67. The predicted octanol–water partition coefficient (Wildman–Crippen LogP) is 5.82. The fraction of sp³-hybridized carbons (Fsp3) is 0. The number of allylic oxidation sites excluding steroid dienone is 2. The highest BCUT2D eigenvalue weighted by Crippen LogP contribution is 2.13. The van der Waals surface area contributed by atoms with Gasteiger partial charge >= 0.3 is 0 Å². The van der Waals surface area contributed by atoms with Gasteiger partial charge in [-0.05, 0) is 71.5 Å². The summed E-state index contributed by atoms with van der Waals surface area (Å²) in [6, 6.07) is 13.3. The summed E-state index contributed by atoms with van der Waals surface area (Å²) < 4.78 is 0. The zero-order chi connectivity index (χ0) is 16.7. The second kappa shape index (κ2) is 8.73. The van der Waals surface area contributed by atoms with Gasteiger partial charge in [-0.15, -0.1) is 11.8 Å². The smallest absolute Gasteiger partial charge is 0.186 e. The highest BCUT2D eigenvalue weighted by Gasteiger charge is 2.01. The molecule has 0 aliphatic rings. The third kappa shape index (κ3) is 5.71. The summed E-state index contributed by atoms with van der Waals surface area (Å²) >= 11 is 12.8. The first-order valence-electron chi connectivity index (χ1n) is 6.64. The molecule has 0 atom stereocenters. The van der Waals surface area contributed by atoms with E-state index in [9.17, 15) is 9.59 Å². The Balaban J connectivity index is 1.86. The van der Waals surface area contributed by atoms with Gasteiger partial charge in [0.25, 0.3) is 0 Å². The van der Waals surface area contributed by atoms with E-state index in [2.05, 4.69) is 0 Å². The molecular formula is C18H12Cl2O2S. The SMILES string of the molecule is O=C(/C=C\S/C=C/C(=O)c1ccc(Cl)cc1)c1ccc(Cl)cc1. The third-order valence-electron chi connectivity index (χ3n) is 2.85.